The van der Waals surface area contributed by atoms with Crippen LogP contribution in [0.3, 0.4) is 0 Å². The first kappa shape index (κ1) is 32.4. The van der Waals surface area contributed by atoms with Gasteiger partial charge in [-0.1, -0.05) is 29.8 Å². The van der Waals surface area contributed by atoms with Gasteiger partial charge in [-0.25, -0.2) is 19.8 Å². The van der Waals surface area contributed by atoms with Gasteiger partial charge in [0.15, 0.2) is 11.5 Å². The van der Waals surface area contributed by atoms with E-state index in [2.05, 4.69) is 32.1 Å². The molecule has 1 saturated heterocycles. The Morgan fingerprint density at radius 1 is 1.13 bits per heavy atom. The summed E-state index contributed by atoms with van der Waals surface area (Å²) in [5.74, 6) is 1.53. The van der Waals surface area contributed by atoms with Crippen molar-refractivity contribution in [3.8, 4) is 11.8 Å². The predicted octanol–water partition coefficient (Wildman–Crippen LogP) is 6.06. The van der Waals surface area contributed by atoms with E-state index in [1.807, 2.05) is 58.0 Å². The molecule has 5 rings (SSSR count). The van der Waals surface area contributed by atoms with E-state index in [1.165, 1.54) is 6.33 Å². The molecule has 1 N–H and O–H groups in total. The van der Waals surface area contributed by atoms with Gasteiger partial charge >= 0.3 is 6.09 Å². The fourth-order valence-corrected chi connectivity index (χ4v) is 4.87. The molecule has 1 amide bonds. The lowest BCUT2D eigenvalue weighted by atomic mass is 10.2. The fourth-order valence-electron chi connectivity index (χ4n) is 4.66. The van der Waals surface area contributed by atoms with Gasteiger partial charge in [0.2, 0.25) is 11.8 Å². The molecule has 2 aromatic heterocycles. The van der Waals surface area contributed by atoms with Crippen LogP contribution in [0.4, 0.5) is 16.3 Å². The van der Waals surface area contributed by atoms with Gasteiger partial charge in [-0.2, -0.15) is 4.98 Å². The highest BCUT2D eigenvalue weighted by atomic mass is 35.5. The molecule has 0 unspecified atom stereocenters. The van der Waals surface area contributed by atoms with Crippen molar-refractivity contribution in [3.05, 3.63) is 64.6 Å². The van der Waals surface area contributed by atoms with Gasteiger partial charge in [0, 0.05) is 68.3 Å². The number of ether oxygens (including phenoxy) is 3. The summed E-state index contributed by atoms with van der Waals surface area (Å²) in [4.78, 5) is 34.5. The topological polar surface area (TPSA) is 114 Å². The molecule has 0 spiro atoms. The van der Waals surface area contributed by atoms with E-state index in [1.54, 1.807) is 17.3 Å². The first-order valence-corrected chi connectivity index (χ1v) is 15.7. The number of aromatic nitrogens is 3. The van der Waals surface area contributed by atoms with Crippen molar-refractivity contribution < 1.29 is 19.0 Å². The summed E-state index contributed by atoms with van der Waals surface area (Å²) in [7, 11) is 0. The molecule has 12 heteroatoms. The Hall–Kier alpha value is -3.96. The second-order valence-corrected chi connectivity index (χ2v) is 13.1. The maximum absolute atomic E-state index is 12.3. The number of anilines is 1. The highest BCUT2D eigenvalue weighted by Crippen LogP contribution is 2.43. The number of carbonyl (C=O) groups excluding carboxylic acids is 1. The minimum Gasteiger partial charge on any atom is -0.476 e. The molecule has 240 valence electrons. The number of rotatable bonds is 11. The van der Waals surface area contributed by atoms with Gasteiger partial charge < -0.3 is 24.4 Å². The zero-order valence-corrected chi connectivity index (χ0v) is 27.4. The number of halogens is 1. The number of nitrogens with zero attached hydrogens (tertiary/aromatic N) is 6. The van der Waals surface area contributed by atoms with Crippen LogP contribution in [-0.2, 0) is 11.3 Å². The van der Waals surface area contributed by atoms with Crippen LogP contribution in [0.5, 0.6) is 11.8 Å². The Bertz CT molecular complexity index is 1520. The number of aliphatic imine (C=N–C) groups is 1. The summed E-state index contributed by atoms with van der Waals surface area (Å²) < 4.78 is 17.7. The lowest BCUT2D eigenvalue weighted by Crippen LogP contribution is -2.50. The third kappa shape index (κ3) is 9.27. The zero-order chi connectivity index (χ0) is 32.0. The molecule has 1 saturated carbocycles. The third-order valence-corrected chi connectivity index (χ3v) is 8.00. The number of amides is 1. The number of nitrogens with one attached hydrogen (secondary N) is 1. The minimum absolute atomic E-state index is 0.235. The van der Waals surface area contributed by atoms with Crippen LogP contribution in [0.25, 0.3) is 0 Å². The lowest BCUT2D eigenvalue weighted by molar-refractivity contribution is 0.0136. The van der Waals surface area contributed by atoms with E-state index in [4.69, 9.17) is 30.8 Å². The highest BCUT2D eigenvalue weighted by molar-refractivity contribution is 6.31. The normalized spacial score (nSPS) is 16.4. The Morgan fingerprint density at radius 3 is 2.58 bits per heavy atom. The maximum atomic E-state index is 12.3. The molecule has 3 heterocycles. The van der Waals surface area contributed by atoms with Crippen LogP contribution >= 0.6 is 11.6 Å². The van der Waals surface area contributed by atoms with Gasteiger partial charge in [-0.15, -0.1) is 0 Å². The molecule has 0 atom stereocenters. The van der Waals surface area contributed by atoms with E-state index in [0.29, 0.717) is 54.5 Å². The Kier molecular flexibility index (Phi) is 10.1. The molecule has 2 fully saturated rings. The first-order chi connectivity index (χ1) is 21.5. The smallest absolute Gasteiger partial charge is 0.410 e. The van der Waals surface area contributed by atoms with Crippen molar-refractivity contribution in [3.63, 3.8) is 0 Å². The molecular formula is C33H42ClN7O4. The van der Waals surface area contributed by atoms with Crippen molar-refractivity contribution in [1.82, 2.24) is 24.8 Å². The molecule has 3 aromatic rings. The quantitative estimate of drug-likeness (QED) is 0.251. The van der Waals surface area contributed by atoms with Gasteiger partial charge in [0.1, 0.15) is 24.1 Å². The lowest BCUT2D eigenvalue weighted by Gasteiger charge is -2.35. The Morgan fingerprint density at radius 2 is 1.89 bits per heavy atom. The molecule has 1 aliphatic heterocycles. The monoisotopic (exact) mass is 635 g/mol. The number of pyridine rings is 1. The van der Waals surface area contributed by atoms with E-state index in [0.717, 1.165) is 49.2 Å². The average molecular weight is 636 g/mol. The molecule has 0 radical (unpaired) electrons. The second-order valence-electron chi connectivity index (χ2n) is 12.7. The summed E-state index contributed by atoms with van der Waals surface area (Å²) in [5, 5.41) is 4.03. The summed E-state index contributed by atoms with van der Waals surface area (Å²) in [6.07, 6.45) is 6.65. The van der Waals surface area contributed by atoms with E-state index in [9.17, 15) is 4.79 Å². The van der Waals surface area contributed by atoms with Gasteiger partial charge in [0.05, 0.1) is 0 Å². The van der Waals surface area contributed by atoms with Crippen LogP contribution in [0, 0.1) is 6.92 Å². The third-order valence-electron chi connectivity index (χ3n) is 7.63. The molecule has 11 nitrogen and oxygen atoms in total. The standard InChI is InChI=1S/C33H42ClN7O4/c1-23-18-27(43-17-16-40-12-14-41(15-13-40)31(42)45-32(2,3)4)35-20-25(23)21-36-28-29(37-19-24-8-6-7-9-26(24)34)38-22-39-30(28)44-33(5)10-11-33/h6-9,18,20-22H,10-17,19H2,1-5H3,(H,37,38,39)/b36-21+. The van der Waals surface area contributed by atoms with Gasteiger partial charge in [0.25, 0.3) is 0 Å². The number of hydrogen-bond donors (Lipinski definition) is 1. The van der Waals surface area contributed by atoms with Crippen molar-refractivity contribution in [2.45, 2.75) is 65.2 Å². The Labute approximate surface area is 270 Å². The number of aryl methyl sites for hydroxylation is 1. The molecule has 2 aliphatic rings. The number of hydrogen-bond acceptors (Lipinski definition) is 10. The molecule has 0 bridgehead atoms. The molecule has 1 aliphatic carbocycles. The summed E-state index contributed by atoms with van der Waals surface area (Å²) >= 11 is 6.37. The maximum Gasteiger partial charge on any atom is 0.410 e. The molecule has 45 heavy (non-hydrogen) atoms. The summed E-state index contributed by atoms with van der Waals surface area (Å²) in [5.41, 5.74) is 2.54. The van der Waals surface area contributed by atoms with Crippen LogP contribution in [0.2, 0.25) is 5.02 Å². The fraction of sp³-hybridized carbons (Fsp3) is 0.485. The van der Waals surface area contributed by atoms with Gasteiger partial charge in [-0.3, -0.25) is 4.90 Å². The molecule has 1 aromatic carbocycles. The van der Waals surface area contributed by atoms with E-state index in [-0.39, 0.29) is 11.7 Å². The highest BCUT2D eigenvalue weighted by Gasteiger charge is 2.41. The minimum atomic E-state index is -0.492. The number of piperazine rings is 1. The number of carbonyl (C=O) groups is 1. The zero-order valence-electron chi connectivity index (χ0n) is 26.7. The predicted molar refractivity (Wildman–Crippen MR) is 175 cm³/mol. The van der Waals surface area contributed by atoms with Crippen LogP contribution in [-0.4, -0.2) is 87.6 Å². The van der Waals surface area contributed by atoms with Crippen molar-refractivity contribution >= 4 is 35.4 Å². The average Bonchev–Trinajstić information content (AvgIpc) is 3.72. The molecular weight excluding hydrogens is 594 g/mol. The second kappa shape index (κ2) is 14.0. The largest absolute Gasteiger partial charge is 0.476 e. The van der Waals surface area contributed by atoms with Crippen LogP contribution in [0.15, 0.2) is 47.8 Å². The number of benzene rings is 1. The van der Waals surface area contributed by atoms with E-state index < -0.39 is 5.60 Å². The van der Waals surface area contributed by atoms with E-state index >= 15 is 0 Å². The van der Waals surface area contributed by atoms with Crippen molar-refractivity contribution in [2.24, 2.45) is 4.99 Å². The summed E-state index contributed by atoms with van der Waals surface area (Å²) in [6.45, 7) is 14.2. The Balaban J connectivity index is 1.19. The summed E-state index contributed by atoms with van der Waals surface area (Å²) in [6, 6.07) is 9.58. The van der Waals surface area contributed by atoms with Crippen LogP contribution in [0.1, 0.15) is 57.2 Å². The van der Waals surface area contributed by atoms with Crippen molar-refractivity contribution in [2.75, 3.05) is 44.6 Å². The first-order valence-electron chi connectivity index (χ1n) is 15.3. The van der Waals surface area contributed by atoms with Crippen molar-refractivity contribution in [1.29, 1.82) is 0 Å². The van der Waals surface area contributed by atoms with Gasteiger partial charge in [-0.05, 0) is 64.7 Å². The SMILES string of the molecule is Cc1cc(OCCN2CCN(C(=O)OC(C)(C)C)CC2)ncc1/C=N/c1c(NCc2ccccc2Cl)ncnc1OC1(C)CC1. The van der Waals surface area contributed by atoms with Crippen LogP contribution < -0.4 is 14.8 Å².